The van der Waals surface area contributed by atoms with E-state index in [0.29, 0.717) is 24.2 Å². The molecule has 1 aliphatic carbocycles. The molecule has 0 bridgehead atoms. The molecule has 2 aromatic carbocycles. The lowest BCUT2D eigenvalue weighted by Gasteiger charge is -2.24. The molecular weight excluding hydrogens is 537 g/mol. The third-order valence-corrected chi connectivity index (χ3v) is 7.49. The van der Waals surface area contributed by atoms with E-state index < -0.39 is 29.3 Å². The van der Waals surface area contributed by atoms with Crippen LogP contribution < -0.4 is 0 Å². The van der Waals surface area contributed by atoms with Crippen molar-refractivity contribution in [2.75, 3.05) is 13.7 Å². The van der Waals surface area contributed by atoms with Crippen LogP contribution in [0.5, 0.6) is 0 Å². The first-order valence-electron chi connectivity index (χ1n) is 11.3. The Morgan fingerprint density at radius 2 is 1.89 bits per heavy atom. The van der Waals surface area contributed by atoms with Crippen LogP contribution in [-0.2, 0) is 23.1 Å². The van der Waals surface area contributed by atoms with E-state index in [9.17, 15) is 22.8 Å². The molecule has 0 atom stereocenters. The number of carbonyl (C=O) groups excluding carboxylic acids is 2. The van der Waals surface area contributed by atoms with Gasteiger partial charge in [0.15, 0.2) is 0 Å². The molecule has 0 amide bonds. The lowest BCUT2D eigenvalue weighted by atomic mass is 9.90. The zero-order valence-electron chi connectivity index (χ0n) is 19.3. The first kappa shape index (κ1) is 25.7. The largest absolute Gasteiger partial charge is 0.465 e. The number of alkyl halides is 3. The predicted molar refractivity (Wildman–Crippen MR) is 127 cm³/mol. The number of fused-ring (bicyclic) bond motifs is 1. The van der Waals surface area contributed by atoms with Crippen LogP contribution in [0, 0.1) is 5.82 Å². The van der Waals surface area contributed by atoms with E-state index in [2.05, 4.69) is 9.84 Å². The van der Waals surface area contributed by atoms with Gasteiger partial charge in [-0.3, -0.25) is 4.79 Å². The van der Waals surface area contributed by atoms with Gasteiger partial charge in [0.1, 0.15) is 5.82 Å². The Morgan fingerprint density at radius 3 is 2.51 bits per heavy atom. The highest BCUT2D eigenvalue weighted by Crippen LogP contribution is 2.60. The average Bonchev–Trinajstić information content (AvgIpc) is 3.60. The van der Waals surface area contributed by atoms with Crippen molar-refractivity contribution in [3.8, 4) is 11.3 Å². The standard InChI is InChI=1S/C25H19Cl2F4N3O3/c1-37-23(36)13-5-6-14(18(28)11-13)21-15-7-10-33(27)12-19(15)34(32-21)22(35)20-16(3-2-4-17(20)26)24(8-9-24)25(29,30)31/h2-6,11H,7-10,12H2,1H3. The van der Waals surface area contributed by atoms with Crippen molar-refractivity contribution in [3.05, 3.63) is 75.2 Å². The minimum absolute atomic E-state index is 0.0114. The lowest BCUT2D eigenvalue weighted by molar-refractivity contribution is -0.160. The molecule has 2 aliphatic rings. The molecule has 2 heterocycles. The van der Waals surface area contributed by atoms with Gasteiger partial charge in [-0.25, -0.2) is 13.6 Å². The van der Waals surface area contributed by atoms with Crippen LogP contribution in [0.15, 0.2) is 36.4 Å². The van der Waals surface area contributed by atoms with Crippen molar-refractivity contribution in [2.24, 2.45) is 0 Å². The lowest BCUT2D eigenvalue weighted by Crippen LogP contribution is -2.32. The summed E-state index contributed by atoms with van der Waals surface area (Å²) in [6.07, 6.45) is -4.58. The Hall–Kier alpha value is -2.95. The maximum absolute atomic E-state index is 15.1. The zero-order chi connectivity index (χ0) is 26.7. The average molecular weight is 556 g/mol. The number of hydrogen-bond acceptors (Lipinski definition) is 5. The minimum atomic E-state index is -4.57. The number of nitrogens with zero attached hydrogens (tertiary/aromatic N) is 3. The molecule has 37 heavy (non-hydrogen) atoms. The van der Waals surface area contributed by atoms with Crippen LogP contribution in [0.3, 0.4) is 0 Å². The first-order chi connectivity index (χ1) is 17.5. The maximum atomic E-state index is 15.1. The fraction of sp³-hybridized carbons (Fsp3) is 0.320. The Balaban J connectivity index is 1.66. The molecule has 194 valence electrons. The van der Waals surface area contributed by atoms with E-state index in [1.165, 1.54) is 41.9 Å². The second-order valence-corrected chi connectivity index (χ2v) is 9.90. The van der Waals surface area contributed by atoms with Gasteiger partial charge in [0.2, 0.25) is 0 Å². The molecular formula is C25H19Cl2F4N3O3. The number of esters is 1. The van der Waals surface area contributed by atoms with Crippen LogP contribution in [0.4, 0.5) is 17.6 Å². The highest BCUT2D eigenvalue weighted by molar-refractivity contribution is 6.34. The number of ether oxygens (including phenoxy) is 1. The number of methoxy groups -OCH3 is 1. The van der Waals surface area contributed by atoms with E-state index in [1.807, 2.05) is 0 Å². The second-order valence-electron chi connectivity index (χ2n) is 9.01. The van der Waals surface area contributed by atoms with Crippen molar-refractivity contribution in [2.45, 2.75) is 37.4 Å². The van der Waals surface area contributed by atoms with Gasteiger partial charge in [-0.05, 0) is 60.9 Å². The molecule has 1 aromatic heterocycles. The maximum Gasteiger partial charge on any atom is 0.398 e. The van der Waals surface area contributed by atoms with Crippen molar-refractivity contribution in [1.82, 2.24) is 14.2 Å². The summed E-state index contributed by atoms with van der Waals surface area (Å²) in [7, 11) is 1.17. The summed E-state index contributed by atoms with van der Waals surface area (Å²) in [5.41, 5.74) is -1.68. The first-order valence-corrected chi connectivity index (χ1v) is 12.0. The van der Waals surface area contributed by atoms with E-state index in [-0.39, 0.29) is 52.4 Å². The summed E-state index contributed by atoms with van der Waals surface area (Å²) in [6, 6.07) is 7.69. The fourth-order valence-corrected chi connectivity index (χ4v) is 5.25. The monoisotopic (exact) mass is 555 g/mol. The van der Waals surface area contributed by atoms with Gasteiger partial charge in [-0.1, -0.05) is 23.7 Å². The Labute approximate surface area is 218 Å². The minimum Gasteiger partial charge on any atom is -0.465 e. The number of aromatic nitrogens is 2. The van der Waals surface area contributed by atoms with Gasteiger partial charge < -0.3 is 4.74 Å². The number of carbonyl (C=O) groups is 2. The van der Waals surface area contributed by atoms with Gasteiger partial charge in [0.25, 0.3) is 5.91 Å². The second kappa shape index (κ2) is 9.11. The molecule has 12 heteroatoms. The van der Waals surface area contributed by atoms with E-state index in [4.69, 9.17) is 23.4 Å². The molecule has 1 aliphatic heterocycles. The van der Waals surface area contributed by atoms with Gasteiger partial charge in [-0.15, -0.1) is 0 Å². The highest BCUT2D eigenvalue weighted by Gasteiger charge is 2.65. The SMILES string of the molecule is COC(=O)c1ccc(-c2nn(C(=O)c3c(Cl)cccc3C3(C(F)(F)F)CC3)c3c2CCN(Cl)C3)c(F)c1. The van der Waals surface area contributed by atoms with E-state index in [0.717, 1.165) is 10.7 Å². The van der Waals surface area contributed by atoms with Crippen LogP contribution in [-0.4, -0.2) is 45.9 Å². The third-order valence-electron chi connectivity index (χ3n) is 6.89. The summed E-state index contributed by atoms with van der Waals surface area (Å²) in [5, 5.41) is 4.22. The highest BCUT2D eigenvalue weighted by atomic mass is 35.5. The molecule has 0 spiro atoms. The molecule has 1 fully saturated rings. The number of rotatable bonds is 4. The smallest absolute Gasteiger partial charge is 0.398 e. The summed E-state index contributed by atoms with van der Waals surface area (Å²) in [4.78, 5) is 25.6. The van der Waals surface area contributed by atoms with E-state index >= 15 is 4.39 Å². The zero-order valence-corrected chi connectivity index (χ0v) is 20.8. The molecule has 5 rings (SSSR count). The molecule has 3 aromatic rings. The number of hydrogen-bond donors (Lipinski definition) is 0. The fourth-order valence-electron chi connectivity index (χ4n) is 4.80. The van der Waals surface area contributed by atoms with Gasteiger partial charge in [-0.2, -0.15) is 23.0 Å². The van der Waals surface area contributed by atoms with Crippen LogP contribution in [0.1, 0.15) is 50.4 Å². The van der Waals surface area contributed by atoms with Gasteiger partial charge in [0, 0.05) is 17.7 Å². The topological polar surface area (TPSA) is 64.4 Å². The molecule has 6 nitrogen and oxygen atoms in total. The van der Waals surface area contributed by atoms with Crippen molar-refractivity contribution in [1.29, 1.82) is 0 Å². The van der Waals surface area contributed by atoms with Gasteiger partial charge in [0.05, 0.1) is 46.6 Å². The van der Waals surface area contributed by atoms with Gasteiger partial charge >= 0.3 is 12.1 Å². The predicted octanol–water partition coefficient (Wildman–Crippen LogP) is 5.92. The normalized spacial score (nSPS) is 16.8. The van der Waals surface area contributed by atoms with Crippen molar-refractivity contribution >= 4 is 35.3 Å². The molecule has 0 unspecified atom stereocenters. The Bertz CT molecular complexity index is 1430. The van der Waals surface area contributed by atoms with Crippen LogP contribution in [0.2, 0.25) is 5.02 Å². The number of halogens is 6. The van der Waals surface area contributed by atoms with Crippen LogP contribution >= 0.6 is 23.4 Å². The van der Waals surface area contributed by atoms with Crippen molar-refractivity contribution in [3.63, 3.8) is 0 Å². The molecule has 0 saturated heterocycles. The van der Waals surface area contributed by atoms with E-state index in [1.54, 1.807) is 0 Å². The Kier molecular flexibility index (Phi) is 6.32. The van der Waals surface area contributed by atoms with Crippen molar-refractivity contribution < 1.29 is 31.9 Å². The third kappa shape index (κ3) is 4.20. The summed E-state index contributed by atoms with van der Waals surface area (Å²) >= 11 is 12.5. The molecule has 0 radical (unpaired) electrons. The Morgan fingerprint density at radius 1 is 1.16 bits per heavy atom. The summed E-state index contributed by atoms with van der Waals surface area (Å²) < 4.78 is 64.1. The van der Waals surface area contributed by atoms with Crippen LogP contribution in [0.25, 0.3) is 11.3 Å². The summed E-state index contributed by atoms with van der Waals surface area (Å²) in [6.45, 7) is 0.416. The number of benzene rings is 2. The molecule has 1 saturated carbocycles. The summed E-state index contributed by atoms with van der Waals surface area (Å²) in [5.74, 6) is -2.36. The molecule has 0 N–H and O–H groups in total. The quantitative estimate of drug-likeness (QED) is 0.227.